The van der Waals surface area contributed by atoms with Crippen LogP contribution < -0.4 is 10.6 Å². The number of rotatable bonds is 3. The lowest BCUT2D eigenvalue weighted by atomic mass is 9.89. The summed E-state index contributed by atoms with van der Waals surface area (Å²) in [6, 6.07) is 19.4. The molecule has 2 aromatic carbocycles. The second kappa shape index (κ2) is 6.10. The maximum absolute atomic E-state index is 5.85. The summed E-state index contributed by atoms with van der Waals surface area (Å²) < 4.78 is 0. The fraction of sp³-hybridized carbons (Fsp3) is 0.333. The Morgan fingerprint density at radius 3 is 2.25 bits per heavy atom. The number of nitrogens with two attached hydrogens (primary N) is 1. The summed E-state index contributed by atoms with van der Waals surface area (Å²) in [5.74, 6) is 0.706. The molecule has 0 aromatic heterocycles. The van der Waals surface area contributed by atoms with Gasteiger partial charge in [0.05, 0.1) is 0 Å². The van der Waals surface area contributed by atoms with Crippen molar-refractivity contribution in [1.29, 1.82) is 0 Å². The fourth-order valence-corrected chi connectivity index (χ4v) is 3.17. The molecular weight excluding hydrogens is 244 g/mol. The predicted octanol–water partition coefficient (Wildman–Crippen LogP) is 3.53. The van der Waals surface area contributed by atoms with Crippen LogP contribution in [-0.2, 0) is 6.54 Å². The monoisotopic (exact) mass is 266 g/mol. The zero-order valence-corrected chi connectivity index (χ0v) is 11.8. The average molecular weight is 266 g/mol. The third-order valence-electron chi connectivity index (χ3n) is 4.32. The Kier molecular flexibility index (Phi) is 4.03. The minimum Gasteiger partial charge on any atom is -0.371 e. The molecule has 0 radical (unpaired) electrons. The molecule has 2 aromatic rings. The van der Waals surface area contributed by atoms with E-state index in [1.54, 1.807) is 0 Å². The molecule has 3 rings (SSSR count). The van der Waals surface area contributed by atoms with Gasteiger partial charge in [0.1, 0.15) is 0 Å². The van der Waals surface area contributed by atoms with Gasteiger partial charge >= 0.3 is 0 Å². The van der Waals surface area contributed by atoms with Crippen molar-refractivity contribution in [3.05, 3.63) is 65.7 Å². The van der Waals surface area contributed by atoms with Crippen LogP contribution >= 0.6 is 0 Å². The summed E-state index contributed by atoms with van der Waals surface area (Å²) in [5, 5.41) is 0. The van der Waals surface area contributed by atoms with Gasteiger partial charge in [-0.1, -0.05) is 48.5 Å². The summed E-state index contributed by atoms with van der Waals surface area (Å²) in [5.41, 5.74) is 9.91. The molecule has 2 heteroatoms. The molecule has 0 atom stereocenters. The van der Waals surface area contributed by atoms with Crippen molar-refractivity contribution in [2.24, 2.45) is 5.73 Å². The Morgan fingerprint density at radius 2 is 1.55 bits per heavy atom. The maximum Gasteiger partial charge on any atom is 0.0411 e. The van der Waals surface area contributed by atoms with Gasteiger partial charge in [-0.25, -0.2) is 0 Å². The van der Waals surface area contributed by atoms with Gasteiger partial charge in [0.15, 0.2) is 0 Å². The molecule has 0 spiro atoms. The average Bonchev–Trinajstić information content (AvgIpc) is 2.56. The summed E-state index contributed by atoms with van der Waals surface area (Å²) in [6.07, 6.45) is 2.45. The minimum absolute atomic E-state index is 0.620. The molecule has 0 unspecified atom stereocenters. The molecular formula is C18H22N2. The number of nitrogens with zero attached hydrogens (tertiary/aromatic N) is 1. The quantitative estimate of drug-likeness (QED) is 0.921. The number of para-hydroxylation sites is 1. The van der Waals surface area contributed by atoms with Crippen molar-refractivity contribution < 1.29 is 0 Å². The summed E-state index contributed by atoms with van der Waals surface area (Å²) in [4.78, 5) is 2.49. The summed E-state index contributed by atoms with van der Waals surface area (Å²) in [7, 11) is 0. The molecule has 20 heavy (non-hydrogen) atoms. The van der Waals surface area contributed by atoms with Crippen molar-refractivity contribution in [1.82, 2.24) is 0 Å². The lowest BCUT2D eigenvalue weighted by molar-refractivity contribution is 0.504. The molecule has 1 heterocycles. The largest absolute Gasteiger partial charge is 0.371 e. The number of benzene rings is 2. The van der Waals surface area contributed by atoms with Gasteiger partial charge in [0.2, 0.25) is 0 Å². The lowest BCUT2D eigenvalue weighted by Crippen LogP contribution is -2.33. The van der Waals surface area contributed by atoms with Gasteiger partial charge in [-0.3, -0.25) is 0 Å². The third-order valence-corrected chi connectivity index (χ3v) is 4.32. The van der Waals surface area contributed by atoms with Crippen LogP contribution in [0.3, 0.4) is 0 Å². The maximum atomic E-state index is 5.85. The Labute approximate surface area is 121 Å². The molecule has 1 aliphatic rings. The van der Waals surface area contributed by atoms with Crippen LogP contribution in [0.15, 0.2) is 54.6 Å². The van der Waals surface area contributed by atoms with Gasteiger partial charge in [-0.2, -0.15) is 0 Å². The van der Waals surface area contributed by atoms with Gasteiger partial charge in [0, 0.05) is 25.3 Å². The summed E-state index contributed by atoms with van der Waals surface area (Å²) >= 11 is 0. The zero-order chi connectivity index (χ0) is 13.8. The Balaban J connectivity index is 1.70. The van der Waals surface area contributed by atoms with Crippen LogP contribution in [0.2, 0.25) is 0 Å². The molecule has 0 saturated carbocycles. The second-order valence-electron chi connectivity index (χ2n) is 5.50. The highest BCUT2D eigenvalue weighted by molar-refractivity contribution is 5.54. The number of hydrogen-bond acceptors (Lipinski definition) is 2. The molecule has 0 amide bonds. The first kappa shape index (κ1) is 13.2. The molecule has 1 fully saturated rings. The number of hydrogen-bond donors (Lipinski definition) is 1. The smallest absolute Gasteiger partial charge is 0.0411 e. The van der Waals surface area contributed by atoms with Crippen LogP contribution in [0.25, 0.3) is 0 Å². The standard InChI is InChI=1S/C18H22N2/c19-14-17-8-4-5-9-18(17)20-12-10-16(11-13-20)15-6-2-1-3-7-15/h1-9,16H,10-14,19H2. The predicted molar refractivity (Wildman–Crippen MR) is 85.0 cm³/mol. The zero-order valence-electron chi connectivity index (χ0n) is 11.8. The van der Waals surface area contributed by atoms with Crippen LogP contribution in [0.4, 0.5) is 5.69 Å². The molecule has 0 bridgehead atoms. The van der Waals surface area contributed by atoms with Crippen molar-refractivity contribution in [3.63, 3.8) is 0 Å². The molecule has 2 N–H and O–H groups in total. The molecule has 1 saturated heterocycles. The van der Waals surface area contributed by atoms with Gasteiger partial charge in [-0.15, -0.1) is 0 Å². The molecule has 0 aliphatic carbocycles. The van der Waals surface area contributed by atoms with E-state index in [9.17, 15) is 0 Å². The van der Waals surface area contributed by atoms with E-state index in [1.165, 1.54) is 29.7 Å². The highest BCUT2D eigenvalue weighted by atomic mass is 15.1. The third kappa shape index (κ3) is 2.70. The Hall–Kier alpha value is -1.80. The van der Waals surface area contributed by atoms with Crippen LogP contribution in [0.1, 0.15) is 29.9 Å². The van der Waals surface area contributed by atoms with E-state index >= 15 is 0 Å². The van der Waals surface area contributed by atoms with Crippen LogP contribution in [0, 0.1) is 0 Å². The first-order valence-corrected chi connectivity index (χ1v) is 7.46. The normalized spacial score (nSPS) is 16.4. The Bertz CT molecular complexity index is 542. The fourth-order valence-electron chi connectivity index (χ4n) is 3.17. The van der Waals surface area contributed by atoms with Gasteiger partial charge in [-0.05, 0) is 36.0 Å². The van der Waals surface area contributed by atoms with E-state index in [4.69, 9.17) is 5.73 Å². The SMILES string of the molecule is NCc1ccccc1N1CCC(c2ccccc2)CC1. The van der Waals surface area contributed by atoms with Crippen molar-refractivity contribution >= 4 is 5.69 Å². The molecule has 2 nitrogen and oxygen atoms in total. The minimum atomic E-state index is 0.620. The van der Waals surface area contributed by atoms with E-state index in [-0.39, 0.29) is 0 Å². The number of anilines is 1. The first-order valence-electron chi connectivity index (χ1n) is 7.46. The van der Waals surface area contributed by atoms with Crippen LogP contribution in [-0.4, -0.2) is 13.1 Å². The van der Waals surface area contributed by atoms with E-state index in [0.717, 1.165) is 13.1 Å². The second-order valence-corrected chi connectivity index (χ2v) is 5.50. The topological polar surface area (TPSA) is 29.3 Å². The van der Waals surface area contributed by atoms with Crippen molar-refractivity contribution in [2.75, 3.05) is 18.0 Å². The van der Waals surface area contributed by atoms with Crippen LogP contribution in [0.5, 0.6) is 0 Å². The van der Waals surface area contributed by atoms with E-state index < -0.39 is 0 Å². The van der Waals surface area contributed by atoms with Gasteiger partial charge in [0.25, 0.3) is 0 Å². The lowest BCUT2D eigenvalue weighted by Gasteiger charge is -2.35. The van der Waals surface area contributed by atoms with E-state index in [0.29, 0.717) is 12.5 Å². The highest BCUT2D eigenvalue weighted by Gasteiger charge is 2.21. The first-order chi connectivity index (χ1) is 9.88. The number of piperidine rings is 1. The van der Waals surface area contributed by atoms with Crippen molar-refractivity contribution in [2.45, 2.75) is 25.3 Å². The van der Waals surface area contributed by atoms with Gasteiger partial charge < -0.3 is 10.6 Å². The van der Waals surface area contributed by atoms with E-state index in [2.05, 4.69) is 59.5 Å². The van der Waals surface area contributed by atoms with Crippen molar-refractivity contribution in [3.8, 4) is 0 Å². The summed E-state index contributed by atoms with van der Waals surface area (Å²) in [6.45, 7) is 2.86. The Morgan fingerprint density at radius 1 is 0.900 bits per heavy atom. The van der Waals surface area contributed by atoms with E-state index in [1.807, 2.05) is 0 Å². The molecule has 1 aliphatic heterocycles. The molecule has 104 valence electrons. The highest BCUT2D eigenvalue weighted by Crippen LogP contribution is 2.31.